The van der Waals surface area contributed by atoms with E-state index < -0.39 is 6.29 Å². The highest BCUT2D eigenvalue weighted by Crippen LogP contribution is 2.43. The van der Waals surface area contributed by atoms with Gasteiger partial charge < -0.3 is 20.3 Å². The van der Waals surface area contributed by atoms with Crippen molar-refractivity contribution in [3.05, 3.63) is 75.8 Å². The molecule has 4 atom stereocenters. The first-order valence-electron chi connectivity index (χ1n) is 10.3. The highest BCUT2D eigenvalue weighted by molar-refractivity contribution is 8.01. The smallest absolute Gasteiger partial charge is 0.184 e. The van der Waals surface area contributed by atoms with Gasteiger partial charge in [-0.15, -0.1) is 10.2 Å². The molecule has 1 aromatic heterocycles. The fourth-order valence-electron chi connectivity index (χ4n) is 3.61. The summed E-state index contributed by atoms with van der Waals surface area (Å²) in [7, 11) is 0. The van der Waals surface area contributed by atoms with E-state index >= 15 is 0 Å². The number of hydrogen-bond acceptors (Lipinski definition) is 8. The predicted molar refractivity (Wildman–Crippen MR) is 123 cm³/mol. The maximum Gasteiger partial charge on any atom is 0.184 e. The van der Waals surface area contributed by atoms with E-state index in [9.17, 15) is 5.11 Å². The average molecular weight is 458 g/mol. The first-order chi connectivity index (χ1) is 15.1. The number of benzene rings is 2. The van der Waals surface area contributed by atoms with Crippen LogP contribution in [0.15, 0.2) is 52.9 Å². The van der Waals surface area contributed by atoms with Gasteiger partial charge in [0.1, 0.15) is 5.01 Å². The third kappa shape index (κ3) is 5.34. The fraction of sp³-hybridized carbons (Fsp3) is 0.391. The average Bonchev–Trinajstić information content (AvgIpc) is 3.23. The summed E-state index contributed by atoms with van der Waals surface area (Å²) in [4.78, 5) is 0. The van der Waals surface area contributed by atoms with Crippen LogP contribution in [0.5, 0.6) is 0 Å². The van der Waals surface area contributed by atoms with Gasteiger partial charge in [0.15, 0.2) is 10.6 Å². The number of hydrogen-bond donors (Lipinski definition) is 2. The van der Waals surface area contributed by atoms with Gasteiger partial charge in [-0.1, -0.05) is 78.6 Å². The minimum absolute atomic E-state index is 0.0235. The lowest BCUT2D eigenvalue weighted by atomic mass is 9.91. The van der Waals surface area contributed by atoms with Gasteiger partial charge in [-0.3, -0.25) is 0 Å². The zero-order valence-electron chi connectivity index (χ0n) is 17.6. The first kappa shape index (κ1) is 22.4. The number of thioether (sulfide) groups is 1. The second-order valence-electron chi connectivity index (χ2n) is 7.67. The lowest BCUT2D eigenvalue weighted by Gasteiger charge is -2.41. The Bertz CT molecular complexity index is 978. The van der Waals surface area contributed by atoms with Crippen molar-refractivity contribution in [2.45, 2.75) is 49.8 Å². The molecule has 0 spiro atoms. The van der Waals surface area contributed by atoms with E-state index in [2.05, 4.69) is 17.1 Å². The van der Waals surface area contributed by atoms with Crippen molar-refractivity contribution in [1.82, 2.24) is 10.2 Å². The number of aliphatic hydroxyl groups excluding tert-OH is 1. The summed E-state index contributed by atoms with van der Waals surface area (Å²) in [6.45, 7) is 4.66. The topological polar surface area (TPSA) is 90.5 Å². The van der Waals surface area contributed by atoms with Crippen molar-refractivity contribution in [2.24, 2.45) is 11.7 Å². The fourth-order valence-corrected chi connectivity index (χ4v) is 5.62. The lowest BCUT2D eigenvalue weighted by Crippen LogP contribution is -2.38. The molecular formula is C23H27N3O3S2. The van der Waals surface area contributed by atoms with E-state index in [1.54, 1.807) is 23.1 Å². The molecule has 3 N–H and O–H groups in total. The van der Waals surface area contributed by atoms with Crippen LogP contribution >= 0.6 is 23.1 Å². The van der Waals surface area contributed by atoms with Crippen LogP contribution in [0.1, 0.15) is 46.6 Å². The van der Waals surface area contributed by atoms with E-state index in [0.29, 0.717) is 6.54 Å². The molecule has 0 aliphatic carbocycles. The molecule has 0 radical (unpaired) electrons. The normalized spacial score (nSPS) is 23.7. The Morgan fingerprint density at radius 2 is 1.68 bits per heavy atom. The maximum absolute atomic E-state index is 9.37. The van der Waals surface area contributed by atoms with E-state index in [-0.39, 0.29) is 24.7 Å². The molecule has 164 valence electrons. The largest absolute Gasteiger partial charge is 0.392 e. The van der Waals surface area contributed by atoms with E-state index in [1.165, 1.54) is 0 Å². The summed E-state index contributed by atoms with van der Waals surface area (Å²) >= 11 is 3.27. The molecule has 8 heteroatoms. The molecule has 1 aliphatic rings. The molecule has 3 aromatic rings. The van der Waals surface area contributed by atoms with Gasteiger partial charge in [-0.2, -0.15) is 0 Å². The number of aromatic nitrogens is 2. The third-order valence-corrected chi connectivity index (χ3v) is 7.55. The first-order valence-corrected chi connectivity index (χ1v) is 12.1. The molecule has 6 nitrogen and oxygen atoms in total. The van der Waals surface area contributed by atoms with Crippen LogP contribution in [-0.4, -0.2) is 27.2 Å². The van der Waals surface area contributed by atoms with E-state index in [1.807, 2.05) is 55.5 Å². The lowest BCUT2D eigenvalue weighted by molar-refractivity contribution is -0.268. The zero-order chi connectivity index (χ0) is 21.8. The van der Waals surface area contributed by atoms with Crippen molar-refractivity contribution in [1.29, 1.82) is 0 Å². The molecule has 2 heterocycles. The van der Waals surface area contributed by atoms with Crippen molar-refractivity contribution in [3.8, 4) is 0 Å². The number of aliphatic hydroxyl groups is 1. The second-order valence-corrected chi connectivity index (χ2v) is 10.1. The van der Waals surface area contributed by atoms with Crippen LogP contribution in [0.2, 0.25) is 0 Å². The van der Waals surface area contributed by atoms with Gasteiger partial charge in [0.05, 0.1) is 18.8 Å². The monoisotopic (exact) mass is 457 g/mol. The Balaban J connectivity index is 1.57. The number of aryl methyl sites for hydroxylation is 1. The van der Waals surface area contributed by atoms with Crippen LogP contribution in [0.4, 0.5) is 0 Å². The Morgan fingerprint density at radius 1 is 1.00 bits per heavy atom. The van der Waals surface area contributed by atoms with Crippen LogP contribution in [0, 0.1) is 12.8 Å². The Morgan fingerprint density at radius 3 is 2.29 bits per heavy atom. The SMILES string of the molecule is Cc1nnc(SC[C@H]2O[C@@H](c3ccc(CN)cc3)O[C@@H](c3ccc(CO)cc3)[C@H]2C)s1. The highest BCUT2D eigenvalue weighted by atomic mass is 32.2. The number of ether oxygens (including phenoxy) is 2. The van der Waals surface area contributed by atoms with Crippen molar-refractivity contribution in [3.63, 3.8) is 0 Å². The Kier molecular flexibility index (Phi) is 7.37. The van der Waals surface area contributed by atoms with Crippen molar-refractivity contribution in [2.75, 3.05) is 5.75 Å². The minimum atomic E-state index is -0.465. The highest BCUT2D eigenvalue weighted by Gasteiger charge is 2.38. The summed E-state index contributed by atoms with van der Waals surface area (Å²) in [5, 5.41) is 18.7. The molecule has 0 unspecified atom stereocenters. The summed E-state index contributed by atoms with van der Waals surface area (Å²) in [6, 6.07) is 16.0. The minimum Gasteiger partial charge on any atom is -0.392 e. The van der Waals surface area contributed by atoms with Gasteiger partial charge in [0.2, 0.25) is 0 Å². The maximum atomic E-state index is 9.37. The summed E-state index contributed by atoms with van der Waals surface area (Å²) in [5.41, 5.74) is 9.76. The number of nitrogens with two attached hydrogens (primary N) is 1. The molecule has 0 amide bonds. The van der Waals surface area contributed by atoms with Gasteiger partial charge >= 0.3 is 0 Å². The Hall–Kier alpha value is -1.81. The second kappa shape index (κ2) is 10.2. The Labute approximate surface area is 190 Å². The third-order valence-electron chi connectivity index (χ3n) is 5.49. The van der Waals surface area contributed by atoms with E-state index in [4.69, 9.17) is 15.2 Å². The van der Waals surface area contributed by atoms with Crippen LogP contribution in [0.3, 0.4) is 0 Å². The van der Waals surface area contributed by atoms with Crippen LogP contribution in [0.25, 0.3) is 0 Å². The van der Waals surface area contributed by atoms with Crippen LogP contribution in [-0.2, 0) is 22.6 Å². The summed E-state index contributed by atoms with van der Waals surface area (Å²) in [6.07, 6.45) is -0.612. The zero-order valence-corrected chi connectivity index (χ0v) is 19.2. The molecule has 0 bridgehead atoms. The molecule has 4 rings (SSSR count). The van der Waals surface area contributed by atoms with Gasteiger partial charge in [-0.05, 0) is 23.6 Å². The summed E-state index contributed by atoms with van der Waals surface area (Å²) < 4.78 is 13.8. The molecule has 1 aliphatic heterocycles. The molecular weight excluding hydrogens is 430 g/mol. The number of rotatable bonds is 7. The molecule has 1 saturated heterocycles. The van der Waals surface area contributed by atoms with Crippen molar-refractivity contribution >= 4 is 23.1 Å². The molecule has 31 heavy (non-hydrogen) atoms. The van der Waals surface area contributed by atoms with Gasteiger partial charge in [-0.25, -0.2) is 0 Å². The molecule has 0 saturated carbocycles. The molecule has 2 aromatic carbocycles. The van der Waals surface area contributed by atoms with E-state index in [0.717, 1.165) is 37.4 Å². The quantitative estimate of drug-likeness (QED) is 0.509. The van der Waals surface area contributed by atoms with Gasteiger partial charge in [0, 0.05) is 23.8 Å². The van der Waals surface area contributed by atoms with Crippen molar-refractivity contribution < 1.29 is 14.6 Å². The summed E-state index contributed by atoms with van der Waals surface area (Å²) in [5.74, 6) is 0.906. The number of nitrogens with zero attached hydrogens (tertiary/aromatic N) is 2. The molecule has 1 fully saturated rings. The standard InChI is InChI=1S/C23H27N3O3S2/c1-14-20(13-30-23-26-25-15(2)31-23)28-22(19-9-3-16(11-24)4-10-19)29-21(14)18-7-5-17(12-27)6-8-18/h3-10,14,20-22,27H,11-13,24H2,1-2H3/t14-,20+,21+,22+/m0/s1. The predicted octanol–water partition coefficient (Wildman–Crippen LogP) is 4.38. The van der Waals surface area contributed by atoms with Crippen LogP contribution < -0.4 is 5.73 Å². The van der Waals surface area contributed by atoms with Gasteiger partial charge in [0.25, 0.3) is 0 Å².